The Labute approximate surface area is 339 Å². The highest BCUT2D eigenvalue weighted by atomic mass is 15.1. The summed E-state index contributed by atoms with van der Waals surface area (Å²) >= 11 is 0. The van der Waals surface area contributed by atoms with Crippen LogP contribution in [0.15, 0.2) is 189 Å². The molecule has 0 unspecified atom stereocenters. The van der Waals surface area contributed by atoms with Crippen LogP contribution >= 0.6 is 0 Å². The quantitative estimate of drug-likeness (QED) is 0.117. The molecule has 0 atom stereocenters. The van der Waals surface area contributed by atoms with Gasteiger partial charge in [0.05, 0.1) is 11.0 Å². The molecule has 9 rings (SSSR count). The fourth-order valence-electron chi connectivity index (χ4n) is 8.36. The Balaban J connectivity index is 0.000000949. The summed E-state index contributed by atoms with van der Waals surface area (Å²) in [6.45, 7) is 19.9. The molecule has 2 nitrogen and oxygen atoms in total. The van der Waals surface area contributed by atoms with Crippen molar-refractivity contribution in [1.82, 2.24) is 4.57 Å². The number of benzene rings is 7. The van der Waals surface area contributed by atoms with Gasteiger partial charge in [0.2, 0.25) is 0 Å². The van der Waals surface area contributed by atoms with Crippen LogP contribution in [0.3, 0.4) is 0 Å². The molecule has 0 fully saturated rings. The lowest BCUT2D eigenvalue weighted by atomic mass is 9.95. The minimum Gasteiger partial charge on any atom is -0.311 e. The van der Waals surface area contributed by atoms with Gasteiger partial charge in [0.1, 0.15) is 0 Å². The number of fused-ring (bicyclic) bond motifs is 6. The van der Waals surface area contributed by atoms with Gasteiger partial charge in [-0.1, -0.05) is 136 Å². The van der Waals surface area contributed by atoms with Gasteiger partial charge in [0.25, 0.3) is 0 Å². The third kappa shape index (κ3) is 7.16. The number of nitrogens with zero attached hydrogens (tertiary/aromatic N) is 2. The highest BCUT2D eigenvalue weighted by molar-refractivity contribution is 6.10. The van der Waals surface area contributed by atoms with E-state index in [0.29, 0.717) is 0 Å². The Bertz CT molecular complexity index is 2760. The first-order chi connectivity index (χ1) is 27.9. The third-order valence-corrected chi connectivity index (χ3v) is 10.8. The maximum Gasteiger partial charge on any atom is 0.0547 e. The van der Waals surface area contributed by atoms with E-state index < -0.39 is 0 Å². The van der Waals surface area contributed by atoms with E-state index >= 15 is 0 Å². The number of para-hydroxylation sites is 2. The fourth-order valence-corrected chi connectivity index (χ4v) is 8.36. The smallest absolute Gasteiger partial charge is 0.0547 e. The Morgan fingerprint density at radius 3 is 1.89 bits per heavy atom. The molecule has 57 heavy (non-hydrogen) atoms. The summed E-state index contributed by atoms with van der Waals surface area (Å²) in [6.07, 6.45) is 6.73. The first kappa shape index (κ1) is 38.6. The summed E-state index contributed by atoms with van der Waals surface area (Å²) in [5, 5.41) is 2.55. The predicted molar refractivity (Wildman–Crippen MR) is 249 cm³/mol. The van der Waals surface area contributed by atoms with E-state index in [-0.39, 0.29) is 0 Å². The molecule has 2 heteroatoms. The Kier molecular flexibility index (Phi) is 11.5. The monoisotopic (exact) mass is 740 g/mol. The molecule has 1 aromatic heterocycles. The van der Waals surface area contributed by atoms with E-state index in [1.165, 1.54) is 83.1 Å². The molecule has 1 heterocycles. The normalized spacial score (nSPS) is 11.5. The summed E-state index contributed by atoms with van der Waals surface area (Å²) in [6, 6.07) is 55.6. The van der Waals surface area contributed by atoms with Crippen LogP contribution in [-0.2, 0) is 6.42 Å². The molecule has 0 aliphatic heterocycles. The van der Waals surface area contributed by atoms with Crippen molar-refractivity contribution >= 4 is 33.2 Å². The lowest BCUT2D eigenvalue weighted by molar-refractivity contribution is 1.18. The van der Waals surface area contributed by atoms with Gasteiger partial charge < -0.3 is 9.47 Å². The van der Waals surface area contributed by atoms with Crippen LogP contribution in [0.5, 0.6) is 0 Å². The first-order valence-corrected chi connectivity index (χ1v) is 20.1. The lowest BCUT2D eigenvalue weighted by Gasteiger charge is -2.27. The minimum atomic E-state index is 0.882. The predicted octanol–water partition coefficient (Wildman–Crippen LogP) is 15.8. The van der Waals surface area contributed by atoms with E-state index in [0.717, 1.165) is 23.5 Å². The van der Waals surface area contributed by atoms with Crippen molar-refractivity contribution in [2.45, 2.75) is 48.0 Å². The number of anilines is 2. The molecule has 0 saturated heterocycles. The van der Waals surface area contributed by atoms with Crippen LogP contribution in [0.2, 0.25) is 0 Å². The van der Waals surface area contributed by atoms with Crippen LogP contribution in [-0.4, -0.2) is 4.57 Å². The van der Waals surface area contributed by atoms with Crippen LogP contribution in [0.1, 0.15) is 49.9 Å². The summed E-state index contributed by atoms with van der Waals surface area (Å²) in [5.74, 6) is 0. The number of allylic oxidation sites excluding steroid dienone is 3. The van der Waals surface area contributed by atoms with Crippen LogP contribution < -0.4 is 4.90 Å². The molecular formula is C55H52N2. The van der Waals surface area contributed by atoms with Gasteiger partial charge in [0.15, 0.2) is 0 Å². The average Bonchev–Trinajstić information content (AvgIpc) is 3.79. The second kappa shape index (κ2) is 17.0. The van der Waals surface area contributed by atoms with Crippen LogP contribution in [0.25, 0.3) is 60.9 Å². The van der Waals surface area contributed by atoms with Gasteiger partial charge in [0, 0.05) is 33.5 Å². The van der Waals surface area contributed by atoms with Gasteiger partial charge >= 0.3 is 0 Å². The van der Waals surface area contributed by atoms with Gasteiger partial charge in [-0.25, -0.2) is 0 Å². The molecule has 1 aliphatic rings. The molecule has 0 bridgehead atoms. The standard InChI is InChI=1S/C50H40N2.C3H6.C2H6/c1-5-37(6-2)51(39-24-27-42(34(4)29-39)41-18-11-10-15-33(41)3)40-25-28-44-36(30-40)31-48-43(20-14-21-45(44)48)35-23-26-47-46-19-12-13-22-49(46)52(50(47)32-35)38-16-8-7-9-17-38;1-3-2;1-2/h5-30,32H,1,31H2,2-4H3;3H,1H2,2H3;1-2H3/b37-6+;;. The molecule has 7 aromatic carbocycles. The molecule has 0 radical (unpaired) electrons. The molecule has 0 N–H and O–H groups in total. The highest BCUT2D eigenvalue weighted by Crippen LogP contribution is 2.45. The fraction of sp³-hybridized carbons (Fsp3) is 0.127. The van der Waals surface area contributed by atoms with Crippen molar-refractivity contribution in [2.24, 2.45) is 0 Å². The summed E-state index contributed by atoms with van der Waals surface area (Å²) < 4.78 is 2.40. The third-order valence-electron chi connectivity index (χ3n) is 10.8. The Morgan fingerprint density at radius 1 is 0.561 bits per heavy atom. The van der Waals surface area contributed by atoms with Gasteiger partial charge in [-0.2, -0.15) is 0 Å². The van der Waals surface area contributed by atoms with E-state index in [4.69, 9.17) is 0 Å². The van der Waals surface area contributed by atoms with E-state index in [9.17, 15) is 0 Å². The summed E-state index contributed by atoms with van der Waals surface area (Å²) in [4.78, 5) is 2.34. The second-order valence-electron chi connectivity index (χ2n) is 14.2. The minimum absolute atomic E-state index is 0.882. The Hall–Kier alpha value is -6.64. The molecule has 282 valence electrons. The largest absolute Gasteiger partial charge is 0.311 e. The lowest BCUT2D eigenvalue weighted by Crippen LogP contribution is -2.15. The summed E-state index contributed by atoms with van der Waals surface area (Å²) in [5.41, 5.74) is 19.9. The number of hydrogen-bond donors (Lipinski definition) is 0. The molecule has 0 saturated carbocycles. The number of aryl methyl sites for hydroxylation is 2. The van der Waals surface area contributed by atoms with Crippen LogP contribution in [0, 0.1) is 13.8 Å². The molecule has 0 spiro atoms. The average molecular weight is 741 g/mol. The number of hydrogen-bond acceptors (Lipinski definition) is 1. The van der Waals surface area contributed by atoms with Gasteiger partial charge in [-0.3, -0.25) is 0 Å². The molecule has 0 amide bonds. The van der Waals surface area contributed by atoms with E-state index in [1.807, 2.05) is 26.8 Å². The molecular weight excluding hydrogens is 689 g/mol. The maximum absolute atomic E-state index is 4.20. The zero-order valence-corrected chi connectivity index (χ0v) is 34.2. The van der Waals surface area contributed by atoms with Crippen molar-refractivity contribution in [1.29, 1.82) is 0 Å². The topological polar surface area (TPSA) is 8.17 Å². The van der Waals surface area contributed by atoms with Gasteiger partial charge in [-0.05, 0) is 144 Å². The van der Waals surface area contributed by atoms with E-state index in [2.05, 4.69) is 201 Å². The SMILES string of the molecule is C=C/C(=C\C)N(c1ccc(-c2ccccc2C)c(C)c1)c1ccc2c(c1)Cc1c(-c3ccc4c5ccccc5n(-c5ccccc5)c4c3)cccc1-2.C=CC.CC. The van der Waals surface area contributed by atoms with Gasteiger partial charge in [-0.15, -0.1) is 6.58 Å². The van der Waals surface area contributed by atoms with Crippen molar-refractivity contribution in [3.05, 3.63) is 211 Å². The van der Waals surface area contributed by atoms with Crippen molar-refractivity contribution in [3.63, 3.8) is 0 Å². The molecule has 1 aliphatic carbocycles. The Morgan fingerprint density at radius 2 is 1.18 bits per heavy atom. The zero-order valence-electron chi connectivity index (χ0n) is 34.2. The highest BCUT2D eigenvalue weighted by Gasteiger charge is 2.24. The van der Waals surface area contributed by atoms with Crippen LogP contribution in [0.4, 0.5) is 11.4 Å². The summed E-state index contributed by atoms with van der Waals surface area (Å²) in [7, 11) is 0. The number of aromatic nitrogens is 1. The molecule has 8 aromatic rings. The zero-order chi connectivity index (χ0) is 40.1. The first-order valence-electron chi connectivity index (χ1n) is 20.1. The van der Waals surface area contributed by atoms with Crippen molar-refractivity contribution in [2.75, 3.05) is 4.90 Å². The van der Waals surface area contributed by atoms with Crippen molar-refractivity contribution in [3.8, 4) is 39.1 Å². The maximum atomic E-state index is 4.20. The second-order valence-corrected chi connectivity index (χ2v) is 14.2. The van der Waals surface area contributed by atoms with E-state index in [1.54, 1.807) is 6.08 Å². The van der Waals surface area contributed by atoms with Crippen molar-refractivity contribution < 1.29 is 0 Å². The number of rotatable bonds is 7.